The zero-order valence-electron chi connectivity index (χ0n) is 11.0. The molecule has 0 saturated carbocycles. The Hall–Kier alpha value is -1.35. The Labute approximate surface area is 109 Å². The van der Waals surface area contributed by atoms with Gasteiger partial charge in [0, 0.05) is 19.5 Å². The van der Waals surface area contributed by atoms with Crippen molar-refractivity contribution < 1.29 is 9.53 Å². The average molecular weight is 247 g/mol. The molecule has 18 heavy (non-hydrogen) atoms. The maximum absolute atomic E-state index is 11.4. The molecule has 0 aromatic heterocycles. The van der Waals surface area contributed by atoms with Gasteiger partial charge in [0.1, 0.15) is 0 Å². The van der Waals surface area contributed by atoms with E-state index in [2.05, 4.69) is 29.2 Å². The second-order valence-electron chi connectivity index (χ2n) is 4.88. The van der Waals surface area contributed by atoms with E-state index in [1.54, 1.807) is 0 Å². The second-order valence-corrected chi connectivity index (χ2v) is 4.88. The molecule has 1 aliphatic rings. The summed E-state index contributed by atoms with van der Waals surface area (Å²) in [4.78, 5) is 13.8. The van der Waals surface area contributed by atoms with Crippen molar-refractivity contribution >= 4 is 5.97 Å². The molecule has 1 aromatic carbocycles. The highest BCUT2D eigenvalue weighted by Crippen LogP contribution is 2.21. The molecule has 1 aliphatic heterocycles. The quantitative estimate of drug-likeness (QED) is 0.749. The fraction of sp³-hybridized carbons (Fsp3) is 0.533. The normalized spacial score (nSPS) is 19.9. The van der Waals surface area contributed by atoms with Crippen molar-refractivity contribution in [1.29, 1.82) is 0 Å². The number of carbonyl (C=O) groups is 1. The summed E-state index contributed by atoms with van der Waals surface area (Å²) in [6.07, 6.45) is 1.67. The van der Waals surface area contributed by atoms with E-state index in [0.29, 0.717) is 18.9 Å². The first kappa shape index (κ1) is 13.1. The van der Waals surface area contributed by atoms with Crippen LogP contribution in [0.3, 0.4) is 0 Å². The Bertz CT molecular complexity index is 377. The fourth-order valence-electron chi connectivity index (χ4n) is 2.52. The van der Waals surface area contributed by atoms with Gasteiger partial charge >= 0.3 is 5.97 Å². The predicted molar refractivity (Wildman–Crippen MR) is 71.1 cm³/mol. The largest absolute Gasteiger partial charge is 0.466 e. The van der Waals surface area contributed by atoms with Crippen LogP contribution in [0.2, 0.25) is 0 Å². The molecular formula is C15H21NO2. The first-order valence-corrected chi connectivity index (χ1v) is 6.70. The van der Waals surface area contributed by atoms with Gasteiger partial charge in [-0.25, -0.2) is 0 Å². The third-order valence-corrected chi connectivity index (χ3v) is 3.38. The van der Waals surface area contributed by atoms with Gasteiger partial charge < -0.3 is 4.74 Å². The lowest BCUT2D eigenvalue weighted by atomic mass is 10.1. The summed E-state index contributed by atoms with van der Waals surface area (Å²) in [5.74, 6) is 0.414. The number of esters is 1. The highest BCUT2D eigenvalue weighted by Gasteiger charge is 2.24. The van der Waals surface area contributed by atoms with Crippen LogP contribution in [-0.2, 0) is 16.1 Å². The Morgan fingerprint density at radius 1 is 1.39 bits per heavy atom. The van der Waals surface area contributed by atoms with Crippen LogP contribution in [0.5, 0.6) is 0 Å². The van der Waals surface area contributed by atoms with E-state index in [-0.39, 0.29) is 5.97 Å². The molecular weight excluding hydrogens is 226 g/mol. The lowest BCUT2D eigenvalue weighted by Crippen LogP contribution is -2.21. The topological polar surface area (TPSA) is 29.5 Å². The van der Waals surface area contributed by atoms with Crippen molar-refractivity contribution in [3.05, 3.63) is 35.9 Å². The van der Waals surface area contributed by atoms with E-state index in [4.69, 9.17) is 4.74 Å². The number of hydrogen-bond donors (Lipinski definition) is 0. The minimum atomic E-state index is -0.0518. The van der Waals surface area contributed by atoms with Crippen LogP contribution in [0, 0.1) is 5.92 Å². The average Bonchev–Trinajstić information content (AvgIpc) is 2.78. The highest BCUT2D eigenvalue weighted by molar-refractivity contribution is 5.69. The molecule has 1 heterocycles. The molecule has 2 rings (SSSR count). The van der Waals surface area contributed by atoms with Crippen LogP contribution in [0.1, 0.15) is 25.3 Å². The van der Waals surface area contributed by atoms with Gasteiger partial charge in [0.25, 0.3) is 0 Å². The third kappa shape index (κ3) is 3.84. The minimum absolute atomic E-state index is 0.0518. The number of likely N-dealkylation sites (tertiary alicyclic amines) is 1. The molecule has 0 bridgehead atoms. The zero-order valence-corrected chi connectivity index (χ0v) is 11.0. The lowest BCUT2D eigenvalue weighted by Gasteiger charge is -2.15. The smallest absolute Gasteiger partial charge is 0.306 e. The molecule has 1 atom stereocenters. The first-order valence-electron chi connectivity index (χ1n) is 6.70. The number of rotatable bonds is 5. The van der Waals surface area contributed by atoms with Gasteiger partial charge in [-0.3, -0.25) is 9.69 Å². The summed E-state index contributed by atoms with van der Waals surface area (Å²) in [7, 11) is 0. The number of hydrogen-bond acceptors (Lipinski definition) is 3. The Balaban J connectivity index is 1.76. The van der Waals surface area contributed by atoms with E-state index in [0.717, 1.165) is 26.1 Å². The summed E-state index contributed by atoms with van der Waals surface area (Å²) >= 11 is 0. The predicted octanol–water partition coefficient (Wildman–Crippen LogP) is 2.46. The molecule has 3 nitrogen and oxygen atoms in total. The number of ether oxygens (including phenoxy) is 1. The van der Waals surface area contributed by atoms with Gasteiger partial charge in [-0.15, -0.1) is 0 Å². The molecule has 1 fully saturated rings. The monoisotopic (exact) mass is 247 g/mol. The molecule has 1 saturated heterocycles. The molecule has 0 radical (unpaired) electrons. The van der Waals surface area contributed by atoms with Crippen molar-refractivity contribution in [2.45, 2.75) is 26.3 Å². The minimum Gasteiger partial charge on any atom is -0.466 e. The molecule has 0 amide bonds. The summed E-state index contributed by atoms with van der Waals surface area (Å²) in [5.41, 5.74) is 1.34. The van der Waals surface area contributed by atoms with E-state index in [1.165, 1.54) is 5.56 Å². The maximum Gasteiger partial charge on any atom is 0.306 e. The van der Waals surface area contributed by atoms with Crippen molar-refractivity contribution in [3.8, 4) is 0 Å². The van der Waals surface area contributed by atoms with Crippen molar-refractivity contribution in [1.82, 2.24) is 4.90 Å². The summed E-state index contributed by atoms with van der Waals surface area (Å²) in [6, 6.07) is 10.5. The SMILES string of the molecule is CCOC(=O)C[C@H]1CCN(Cc2ccccc2)C1. The first-order chi connectivity index (χ1) is 8.78. The van der Waals surface area contributed by atoms with E-state index in [1.807, 2.05) is 13.0 Å². The van der Waals surface area contributed by atoms with Gasteiger partial charge in [-0.1, -0.05) is 30.3 Å². The second kappa shape index (κ2) is 6.55. The molecule has 0 N–H and O–H groups in total. The fourth-order valence-corrected chi connectivity index (χ4v) is 2.52. The van der Waals surface area contributed by atoms with E-state index >= 15 is 0 Å². The molecule has 3 heteroatoms. The van der Waals surface area contributed by atoms with Crippen molar-refractivity contribution in [2.24, 2.45) is 5.92 Å². The summed E-state index contributed by atoms with van der Waals surface area (Å²) in [6.45, 7) is 5.42. The standard InChI is InChI=1S/C15H21NO2/c1-2-18-15(17)10-14-8-9-16(12-14)11-13-6-4-3-5-7-13/h3-7,14H,2,8-12H2,1H3/t14-/m1/s1. The van der Waals surface area contributed by atoms with Crippen LogP contribution < -0.4 is 0 Å². The number of carbonyl (C=O) groups excluding carboxylic acids is 1. The molecule has 98 valence electrons. The zero-order chi connectivity index (χ0) is 12.8. The summed E-state index contributed by atoms with van der Waals surface area (Å²) < 4.78 is 5.00. The maximum atomic E-state index is 11.4. The Morgan fingerprint density at radius 2 is 2.17 bits per heavy atom. The number of benzene rings is 1. The molecule has 0 unspecified atom stereocenters. The molecule has 0 aliphatic carbocycles. The van der Waals surface area contributed by atoms with Crippen molar-refractivity contribution in [2.75, 3.05) is 19.7 Å². The van der Waals surface area contributed by atoms with Crippen LogP contribution in [0.15, 0.2) is 30.3 Å². The van der Waals surface area contributed by atoms with Crippen LogP contribution in [0.4, 0.5) is 0 Å². The molecule has 0 spiro atoms. The van der Waals surface area contributed by atoms with Crippen LogP contribution in [-0.4, -0.2) is 30.6 Å². The number of nitrogens with zero attached hydrogens (tertiary/aromatic N) is 1. The Kier molecular flexibility index (Phi) is 4.76. The van der Waals surface area contributed by atoms with Gasteiger partial charge in [0.05, 0.1) is 6.61 Å². The van der Waals surface area contributed by atoms with Gasteiger partial charge in [0.15, 0.2) is 0 Å². The van der Waals surface area contributed by atoms with E-state index < -0.39 is 0 Å². The van der Waals surface area contributed by atoms with Gasteiger partial charge in [-0.2, -0.15) is 0 Å². The molecule has 1 aromatic rings. The highest BCUT2D eigenvalue weighted by atomic mass is 16.5. The van der Waals surface area contributed by atoms with Gasteiger partial charge in [0.2, 0.25) is 0 Å². The van der Waals surface area contributed by atoms with Crippen molar-refractivity contribution in [3.63, 3.8) is 0 Å². The van der Waals surface area contributed by atoms with Gasteiger partial charge in [-0.05, 0) is 31.4 Å². The third-order valence-electron chi connectivity index (χ3n) is 3.38. The lowest BCUT2D eigenvalue weighted by molar-refractivity contribution is -0.144. The van der Waals surface area contributed by atoms with Crippen LogP contribution >= 0.6 is 0 Å². The summed E-state index contributed by atoms with van der Waals surface area (Å²) in [5, 5.41) is 0. The van der Waals surface area contributed by atoms with E-state index in [9.17, 15) is 4.79 Å². The van der Waals surface area contributed by atoms with Crippen LogP contribution in [0.25, 0.3) is 0 Å². The Morgan fingerprint density at radius 3 is 2.89 bits per heavy atom.